The van der Waals surface area contributed by atoms with Gasteiger partial charge in [0.2, 0.25) is 0 Å². The molecule has 1 rings (SSSR count). The van der Waals surface area contributed by atoms with E-state index in [0.29, 0.717) is 18.5 Å². The Labute approximate surface area is 110 Å². The maximum absolute atomic E-state index is 8.78. The average molecular weight is 245 g/mol. The second-order valence-electron chi connectivity index (χ2n) is 4.76. The van der Waals surface area contributed by atoms with E-state index in [4.69, 9.17) is 5.26 Å². The van der Waals surface area contributed by atoms with Gasteiger partial charge in [0.15, 0.2) is 0 Å². The summed E-state index contributed by atoms with van der Waals surface area (Å²) in [6.07, 6.45) is 0.556. The Hall–Kier alpha value is -1.53. The zero-order valence-electron chi connectivity index (χ0n) is 11.8. The summed E-state index contributed by atoms with van der Waals surface area (Å²) in [5.41, 5.74) is 2.51. The number of para-hydroxylation sites is 1. The summed E-state index contributed by atoms with van der Waals surface area (Å²) < 4.78 is 0. The van der Waals surface area contributed by atoms with Crippen molar-refractivity contribution in [1.29, 1.82) is 5.26 Å². The van der Waals surface area contributed by atoms with E-state index in [2.05, 4.69) is 61.3 Å². The summed E-state index contributed by atoms with van der Waals surface area (Å²) in [6.45, 7) is 7.26. The van der Waals surface area contributed by atoms with Crippen LogP contribution in [0.5, 0.6) is 0 Å². The number of nitriles is 1. The number of hydrogen-bond donors (Lipinski definition) is 1. The fourth-order valence-electron chi connectivity index (χ4n) is 2.10. The lowest BCUT2D eigenvalue weighted by Crippen LogP contribution is -2.33. The van der Waals surface area contributed by atoms with Gasteiger partial charge < -0.3 is 10.2 Å². The van der Waals surface area contributed by atoms with E-state index < -0.39 is 0 Å². The average Bonchev–Trinajstić information content (AvgIpc) is 2.38. The Morgan fingerprint density at radius 1 is 1.28 bits per heavy atom. The number of hydrogen-bond acceptors (Lipinski definition) is 3. The Morgan fingerprint density at radius 2 is 1.94 bits per heavy atom. The molecule has 1 aromatic rings. The van der Waals surface area contributed by atoms with Crippen LogP contribution in [0.25, 0.3) is 0 Å². The van der Waals surface area contributed by atoms with Gasteiger partial charge >= 0.3 is 0 Å². The highest BCUT2D eigenvalue weighted by Crippen LogP contribution is 2.27. The highest BCUT2D eigenvalue weighted by atomic mass is 15.2. The molecule has 0 bridgehead atoms. The molecule has 0 fully saturated rings. The van der Waals surface area contributed by atoms with Gasteiger partial charge in [0.05, 0.1) is 12.5 Å². The van der Waals surface area contributed by atoms with E-state index in [1.165, 1.54) is 11.3 Å². The van der Waals surface area contributed by atoms with Gasteiger partial charge in [-0.15, -0.1) is 0 Å². The van der Waals surface area contributed by atoms with Crippen molar-refractivity contribution in [1.82, 2.24) is 5.32 Å². The summed E-state index contributed by atoms with van der Waals surface area (Å²) in [6, 6.07) is 11.3. The molecule has 0 aliphatic rings. The smallest absolute Gasteiger partial charge is 0.0640 e. The first kappa shape index (κ1) is 14.5. The Morgan fingerprint density at radius 3 is 2.50 bits per heavy atom. The van der Waals surface area contributed by atoms with E-state index in [-0.39, 0.29) is 0 Å². The Balaban J connectivity index is 3.07. The van der Waals surface area contributed by atoms with Gasteiger partial charge in [-0.1, -0.05) is 18.2 Å². The molecule has 3 heteroatoms. The molecule has 1 N–H and O–H groups in total. The maximum atomic E-state index is 8.78. The van der Waals surface area contributed by atoms with Crippen molar-refractivity contribution < 1.29 is 0 Å². The quantitative estimate of drug-likeness (QED) is 0.837. The Bertz CT molecular complexity index is 406. The van der Waals surface area contributed by atoms with Crippen molar-refractivity contribution in [3.63, 3.8) is 0 Å². The van der Waals surface area contributed by atoms with Crippen LogP contribution < -0.4 is 10.2 Å². The minimum atomic E-state index is 0.310. The standard InChI is InChI=1S/C15H23N3/c1-12(2)18(11-7-10-16)15-9-6-5-8-14(15)13(3)17-4/h5-6,8-9,12-13,17H,7,11H2,1-4H3. The zero-order chi connectivity index (χ0) is 13.5. The van der Waals surface area contributed by atoms with Gasteiger partial charge in [-0.3, -0.25) is 0 Å². The lowest BCUT2D eigenvalue weighted by molar-refractivity contribution is 0.633. The van der Waals surface area contributed by atoms with Crippen LogP contribution in [0.15, 0.2) is 24.3 Å². The van der Waals surface area contributed by atoms with Crippen molar-refractivity contribution >= 4 is 5.69 Å². The van der Waals surface area contributed by atoms with E-state index in [0.717, 1.165) is 6.54 Å². The van der Waals surface area contributed by atoms with Crippen LogP contribution >= 0.6 is 0 Å². The number of nitrogens with one attached hydrogen (secondary N) is 1. The summed E-state index contributed by atoms with van der Waals surface area (Å²) in [4.78, 5) is 2.30. The molecule has 1 atom stereocenters. The third-order valence-electron chi connectivity index (χ3n) is 3.23. The summed E-state index contributed by atoms with van der Waals surface area (Å²) in [7, 11) is 1.97. The zero-order valence-corrected chi connectivity index (χ0v) is 11.8. The van der Waals surface area contributed by atoms with E-state index >= 15 is 0 Å². The number of rotatable bonds is 6. The Kier molecular flexibility index (Phi) is 5.67. The molecule has 3 nitrogen and oxygen atoms in total. The molecule has 0 saturated heterocycles. The van der Waals surface area contributed by atoms with Gasteiger partial charge in [0, 0.05) is 24.3 Å². The van der Waals surface area contributed by atoms with Gasteiger partial charge in [0.25, 0.3) is 0 Å². The van der Waals surface area contributed by atoms with Crippen LogP contribution in [-0.2, 0) is 0 Å². The first-order chi connectivity index (χ1) is 8.61. The second kappa shape index (κ2) is 7.03. The number of benzene rings is 1. The molecule has 0 aliphatic carbocycles. The fourth-order valence-corrected chi connectivity index (χ4v) is 2.10. The van der Waals surface area contributed by atoms with E-state index in [1.54, 1.807) is 0 Å². The summed E-state index contributed by atoms with van der Waals surface area (Å²) in [5, 5.41) is 12.1. The molecule has 0 amide bonds. The molecular weight excluding hydrogens is 222 g/mol. The molecule has 0 radical (unpaired) electrons. The number of anilines is 1. The summed E-state index contributed by atoms with van der Waals surface area (Å²) >= 11 is 0. The fraction of sp³-hybridized carbons (Fsp3) is 0.533. The van der Waals surface area contributed by atoms with E-state index in [1.807, 2.05) is 7.05 Å². The largest absolute Gasteiger partial charge is 0.368 e. The SMILES string of the molecule is CNC(C)c1ccccc1N(CCC#N)C(C)C. The third kappa shape index (κ3) is 3.48. The van der Waals surface area contributed by atoms with Crippen molar-refractivity contribution in [2.45, 2.75) is 39.3 Å². The van der Waals surface area contributed by atoms with Crippen LogP contribution in [0.1, 0.15) is 38.8 Å². The van der Waals surface area contributed by atoms with Crippen LogP contribution in [0, 0.1) is 11.3 Å². The second-order valence-corrected chi connectivity index (χ2v) is 4.76. The van der Waals surface area contributed by atoms with Crippen LogP contribution in [0.4, 0.5) is 5.69 Å². The molecule has 0 aromatic heterocycles. The van der Waals surface area contributed by atoms with Crippen LogP contribution in [0.2, 0.25) is 0 Å². The maximum Gasteiger partial charge on any atom is 0.0640 e. The van der Waals surface area contributed by atoms with Crippen LogP contribution in [0.3, 0.4) is 0 Å². The normalized spacial score (nSPS) is 12.2. The first-order valence-electron chi connectivity index (χ1n) is 6.51. The van der Waals surface area contributed by atoms with Crippen LogP contribution in [-0.4, -0.2) is 19.6 Å². The predicted octanol–water partition coefficient (Wildman–Crippen LogP) is 3.10. The van der Waals surface area contributed by atoms with Gasteiger partial charge in [-0.25, -0.2) is 0 Å². The molecule has 0 spiro atoms. The van der Waals surface area contributed by atoms with E-state index in [9.17, 15) is 0 Å². The molecule has 1 aromatic carbocycles. The molecule has 18 heavy (non-hydrogen) atoms. The minimum Gasteiger partial charge on any atom is -0.368 e. The summed E-state index contributed by atoms with van der Waals surface area (Å²) in [5.74, 6) is 0. The highest BCUT2D eigenvalue weighted by molar-refractivity contribution is 5.55. The van der Waals surface area contributed by atoms with Crippen molar-refractivity contribution in [3.05, 3.63) is 29.8 Å². The highest BCUT2D eigenvalue weighted by Gasteiger charge is 2.16. The lowest BCUT2D eigenvalue weighted by atomic mass is 10.0. The molecule has 0 heterocycles. The predicted molar refractivity (Wildman–Crippen MR) is 76.6 cm³/mol. The molecule has 0 aliphatic heterocycles. The third-order valence-corrected chi connectivity index (χ3v) is 3.23. The topological polar surface area (TPSA) is 39.1 Å². The van der Waals surface area contributed by atoms with Crippen molar-refractivity contribution in [2.75, 3.05) is 18.5 Å². The molecule has 0 saturated carbocycles. The van der Waals surface area contributed by atoms with Gasteiger partial charge in [-0.2, -0.15) is 5.26 Å². The molecular formula is C15H23N3. The van der Waals surface area contributed by atoms with Gasteiger partial charge in [-0.05, 0) is 39.4 Å². The first-order valence-corrected chi connectivity index (χ1v) is 6.51. The number of nitrogens with zero attached hydrogens (tertiary/aromatic N) is 2. The van der Waals surface area contributed by atoms with Gasteiger partial charge in [0.1, 0.15) is 0 Å². The molecule has 98 valence electrons. The van der Waals surface area contributed by atoms with Crippen molar-refractivity contribution in [2.24, 2.45) is 0 Å². The molecule has 1 unspecified atom stereocenters. The lowest BCUT2D eigenvalue weighted by Gasteiger charge is -2.31. The monoisotopic (exact) mass is 245 g/mol. The minimum absolute atomic E-state index is 0.310. The van der Waals surface area contributed by atoms with Crippen molar-refractivity contribution in [3.8, 4) is 6.07 Å².